The number of ether oxygens (including phenoxy) is 1. The van der Waals surface area contributed by atoms with Crippen LogP contribution in [0.3, 0.4) is 0 Å². The molecule has 0 saturated heterocycles. The number of halogens is 1. The Bertz CT molecular complexity index is 544. The predicted octanol–water partition coefficient (Wildman–Crippen LogP) is 2.18. The number of esters is 1. The van der Waals surface area contributed by atoms with Gasteiger partial charge < -0.3 is 9.84 Å². The summed E-state index contributed by atoms with van der Waals surface area (Å²) in [5.41, 5.74) is -1.06. The molecule has 20 heavy (non-hydrogen) atoms. The number of carbonyl (C=O) groups is 2. The van der Waals surface area contributed by atoms with Gasteiger partial charge in [-0.1, -0.05) is 30.3 Å². The lowest BCUT2D eigenvalue weighted by molar-refractivity contribution is -0.150. The van der Waals surface area contributed by atoms with E-state index in [-0.39, 0.29) is 6.61 Å². The van der Waals surface area contributed by atoms with Crippen LogP contribution in [0.25, 0.3) is 0 Å². The molecule has 1 N–H and O–H groups in total. The minimum atomic E-state index is -1.89. The summed E-state index contributed by atoms with van der Waals surface area (Å²) in [6.45, 7) is 0.0940. The van der Waals surface area contributed by atoms with Gasteiger partial charge in [-0.15, -0.1) is 0 Å². The van der Waals surface area contributed by atoms with Crippen molar-refractivity contribution in [2.24, 2.45) is 17.8 Å². The summed E-state index contributed by atoms with van der Waals surface area (Å²) in [5.74, 6) is -4.23. The first-order chi connectivity index (χ1) is 9.55. The van der Waals surface area contributed by atoms with E-state index in [2.05, 4.69) is 0 Å². The maximum absolute atomic E-state index is 14.6. The quantitative estimate of drug-likeness (QED) is 0.857. The van der Waals surface area contributed by atoms with Crippen LogP contribution in [0.1, 0.15) is 18.4 Å². The number of carboxylic acids is 1. The molecular weight excluding hydrogens is 263 g/mol. The largest absolute Gasteiger partial charge is 0.481 e. The molecule has 1 aromatic carbocycles. The Morgan fingerprint density at radius 3 is 2.65 bits per heavy atom. The molecule has 2 aliphatic carbocycles. The number of carbonyl (C=O) groups excluding carboxylic acids is 1. The third kappa shape index (κ3) is 1.88. The first-order valence-electron chi connectivity index (χ1n) is 6.67. The van der Waals surface area contributed by atoms with E-state index < -0.39 is 35.4 Å². The smallest absolute Gasteiger partial charge is 0.312 e. The lowest BCUT2D eigenvalue weighted by atomic mass is 9.98. The number of hydrogen-bond donors (Lipinski definition) is 1. The fourth-order valence-corrected chi connectivity index (χ4v) is 3.35. The molecule has 0 aliphatic heterocycles. The van der Waals surface area contributed by atoms with E-state index in [4.69, 9.17) is 9.84 Å². The molecule has 0 heterocycles. The molecule has 4 nitrogen and oxygen atoms in total. The van der Waals surface area contributed by atoms with Crippen molar-refractivity contribution in [3.63, 3.8) is 0 Å². The van der Waals surface area contributed by atoms with E-state index in [1.54, 1.807) is 0 Å². The third-order valence-electron chi connectivity index (χ3n) is 4.41. The van der Waals surface area contributed by atoms with Crippen LogP contribution in [0.4, 0.5) is 4.39 Å². The third-order valence-corrected chi connectivity index (χ3v) is 4.41. The van der Waals surface area contributed by atoms with Gasteiger partial charge in [0.15, 0.2) is 0 Å². The summed E-state index contributed by atoms with van der Waals surface area (Å²) in [7, 11) is 0. The lowest BCUT2D eigenvalue weighted by Crippen LogP contribution is -2.28. The van der Waals surface area contributed by atoms with Gasteiger partial charge in [0.05, 0.1) is 11.8 Å². The summed E-state index contributed by atoms with van der Waals surface area (Å²) in [6.07, 6.45) is 0.748. The second kappa shape index (κ2) is 4.58. The highest BCUT2D eigenvalue weighted by molar-refractivity contribution is 5.83. The second-order valence-electron chi connectivity index (χ2n) is 5.47. The van der Waals surface area contributed by atoms with E-state index >= 15 is 0 Å². The Balaban J connectivity index is 1.62. The number of benzene rings is 1. The summed E-state index contributed by atoms with van der Waals surface area (Å²) in [5, 5.41) is 8.99. The minimum absolute atomic E-state index is 0.0940. The van der Waals surface area contributed by atoms with Crippen LogP contribution < -0.4 is 0 Å². The number of fused-ring (bicyclic) bond motifs is 1. The van der Waals surface area contributed by atoms with Crippen molar-refractivity contribution in [3.05, 3.63) is 35.9 Å². The van der Waals surface area contributed by atoms with Crippen LogP contribution in [0.15, 0.2) is 30.3 Å². The van der Waals surface area contributed by atoms with Gasteiger partial charge in [-0.2, -0.15) is 0 Å². The molecule has 0 amide bonds. The maximum atomic E-state index is 14.6. The highest BCUT2D eigenvalue weighted by Gasteiger charge is 2.78. The zero-order valence-corrected chi connectivity index (χ0v) is 10.8. The molecular formula is C15H15FO4. The summed E-state index contributed by atoms with van der Waals surface area (Å²) >= 11 is 0. The summed E-state index contributed by atoms with van der Waals surface area (Å²) in [4.78, 5) is 22.9. The van der Waals surface area contributed by atoms with Crippen LogP contribution in [-0.4, -0.2) is 22.7 Å². The van der Waals surface area contributed by atoms with E-state index in [0.29, 0.717) is 12.8 Å². The van der Waals surface area contributed by atoms with Crippen molar-refractivity contribution in [2.45, 2.75) is 25.1 Å². The van der Waals surface area contributed by atoms with Crippen LogP contribution in [0, 0.1) is 17.8 Å². The molecule has 0 bridgehead atoms. The fourth-order valence-electron chi connectivity index (χ4n) is 3.35. The molecule has 2 aliphatic rings. The normalized spacial score (nSPS) is 34.4. The Hall–Kier alpha value is -1.91. The highest BCUT2D eigenvalue weighted by atomic mass is 19.1. The average Bonchev–Trinajstić information content (AvgIpc) is 2.87. The Morgan fingerprint density at radius 1 is 1.30 bits per heavy atom. The number of alkyl halides is 1. The van der Waals surface area contributed by atoms with Gasteiger partial charge in [-0.25, -0.2) is 4.39 Å². The van der Waals surface area contributed by atoms with E-state index in [0.717, 1.165) is 5.56 Å². The van der Waals surface area contributed by atoms with E-state index in [1.165, 1.54) is 0 Å². The zero-order valence-electron chi connectivity index (χ0n) is 10.8. The van der Waals surface area contributed by atoms with Crippen molar-refractivity contribution in [1.82, 2.24) is 0 Å². The average molecular weight is 278 g/mol. The number of carboxylic acid groups (broad SMARTS) is 1. The van der Waals surface area contributed by atoms with Gasteiger partial charge >= 0.3 is 11.9 Å². The monoisotopic (exact) mass is 278 g/mol. The molecule has 2 fully saturated rings. The predicted molar refractivity (Wildman–Crippen MR) is 67.4 cm³/mol. The Kier molecular flexibility index (Phi) is 3.00. The van der Waals surface area contributed by atoms with Crippen LogP contribution >= 0.6 is 0 Å². The maximum Gasteiger partial charge on any atom is 0.312 e. The molecule has 0 radical (unpaired) electrons. The topological polar surface area (TPSA) is 63.6 Å². The SMILES string of the molecule is O=C(O)C1CCC2C(C(=O)OCc3ccccc3)C12F. The van der Waals surface area contributed by atoms with Crippen molar-refractivity contribution in [2.75, 3.05) is 0 Å². The fraction of sp³-hybridized carbons (Fsp3) is 0.467. The number of aliphatic carboxylic acids is 1. The van der Waals surface area contributed by atoms with Gasteiger partial charge in [0.25, 0.3) is 0 Å². The van der Waals surface area contributed by atoms with Crippen molar-refractivity contribution >= 4 is 11.9 Å². The molecule has 106 valence electrons. The summed E-state index contributed by atoms with van der Waals surface area (Å²) in [6, 6.07) is 9.13. The zero-order chi connectivity index (χ0) is 14.3. The minimum Gasteiger partial charge on any atom is -0.481 e. The molecule has 4 atom stereocenters. The van der Waals surface area contributed by atoms with Gasteiger partial charge in [-0.3, -0.25) is 9.59 Å². The molecule has 0 spiro atoms. The van der Waals surface area contributed by atoms with Crippen LogP contribution in [0.5, 0.6) is 0 Å². The Labute approximate surface area is 115 Å². The van der Waals surface area contributed by atoms with Crippen molar-refractivity contribution < 1.29 is 23.8 Å². The van der Waals surface area contributed by atoms with E-state index in [1.807, 2.05) is 30.3 Å². The first kappa shape index (κ1) is 13.1. The molecule has 4 unspecified atom stereocenters. The van der Waals surface area contributed by atoms with Gasteiger partial charge in [0, 0.05) is 5.92 Å². The van der Waals surface area contributed by atoms with Gasteiger partial charge in [0.2, 0.25) is 0 Å². The van der Waals surface area contributed by atoms with E-state index in [9.17, 15) is 14.0 Å². The molecule has 5 heteroatoms. The van der Waals surface area contributed by atoms with Gasteiger partial charge in [-0.05, 0) is 18.4 Å². The standard InChI is InChI=1S/C15H15FO4/c16-15-10(6-7-11(15)13(17)18)12(15)14(19)20-8-9-4-2-1-3-5-9/h1-5,10-12H,6-8H2,(H,17,18). The molecule has 3 rings (SSSR count). The molecule has 2 saturated carbocycles. The number of rotatable bonds is 4. The number of hydrogen-bond acceptors (Lipinski definition) is 3. The van der Waals surface area contributed by atoms with Crippen molar-refractivity contribution in [1.29, 1.82) is 0 Å². The molecule has 1 aromatic rings. The highest BCUT2D eigenvalue weighted by Crippen LogP contribution is 2.67. The van der Waals surface area contributed by atoms with Crippen molar-refractivity contribution in [3.8, 4) is 0 Å². The van der Waals surface area contributed by atoms with Crippen LogP contribution in [-0.2, 0) is 20.9 Å². The second-order valence-corrected chi connectivity index (χ2v) is 5.47. The lowest BCUT2D eigenvalue weighted by Gasteiger charge is -2.13. The van der Waals surface area contributed by atoms with Gasteiger partial charge in [0.1, 0.15) is 12.3 Å². The first-order valence-corrected chi connectivity index (χ1v) is 6.67. The Morgan fingerprint density at radius 2 is 2.00 bits per heavy atom. The summed E-state index contributed by atoms with van der Waals surface area (Å²) < 4.78 is 19.7. The molecule has 0 aromatic heterocycles. The van der Waals surface area contributed by atoms with Crippen LogP contribution in [0.2, 0.25) is 0 Å².